The topological polar surface area (TPSA) is 93.5 Å². The molecule has 1 aliphatic rings. The molecule has 1 fully saturated rings. The first kappa shape index (κ1) is 25.0. The number of halogens is 4. The van der Waals surface area contributed by atoms with Crippen molar-refractivity contribution in [3.8, 4) is 6.07 Å². The molecule has 2 atom stereocenters. The van der Waals surface area contributed by atoms with Crippen LogP contribution in [0.5, 0.6) is 0 Å². The number of carbonyl (C=O) groups is 3. The third kappa shape index (κ3) is 4.82. The van der Waals surface area contributed by atoms with Gasteiger partial charge in [-0.15, -0.1) is 0 Å². The molecule has 10 heteroatoms. The van der Waals surface area contributed by atoms with Crippen molar-refractivity contribution < 1.29 is 41.4 Å². The number of rotatable bonds is 9. The third-order valence-corrected chi connectivity index (χ3v) is 5.38. The van der Waals surface area contributed by atoms with E-state index in [1.54, 1.807) is 26.8 Å². The summed E-state index contributed by atoms with van der Waals surface area (Å²) in [6.45, 7) is 4.12. The van der Waals surface area contributed by atoms with Gasteiger partial charge in [0.25, 0.3) is 0 Å². The van der Waals surface area contributed by atoms with E-state index in [0.29, 0.717) is 6.42 Å². The minimum absolute atomic E-state index is 0.0937. The summed E-state index contributed by atoms with van der Waals surface area (Å²) in [5, 5.41) is 9.18. The van der Waals surface area contributed by atoms with Crippen LogP contribution in [-0.2, 0) is 36.9 Å². The van der Waals surface area contributed by atoms with E-state index >= 15 is 0 Å². The van der Waals surface area contributed by atoms with Gasteiger partial charge in [-0.05, 0) is 17.8 Å². The fourth-order valence-electron chi connectivity index (χ4n) is 3.39. The summed E-state index contributed by atoms with van der Waals surface area (Å²) >= 11 is 0. The molecule has 1 saturated carbocycles. The molecule has 0 spiro atoms. The number of allylic oxidation sites excluding steroid dienone is 1. The van der Waals surface area contributed by atoms with Crippen molar-refractivity contribution in [3.05, 3.63) is 46.0 Å². The Morgan fingerprint density at radius 1 is 1.06 bits per heavy atom. The summed E-state index contributed by atoms with van der Waals surface area (Å²) in [6.07, 6.45) is 1.06. The lowest BCUT2D eigenvalue weighted by Gasteiger charge is -2.11. The lowest BCUT2D eigenvalue weighted by molar-refractivity contribution is -0.147. The molecule has 0 aromatic heterocycles. The molecule has 2 unspecified atom stereocenters. The molecule has 32 heavy (non-hydrogen) atoms. The summed E-state index contributed by atoms with van der Waals surface area (Å²) in [5.41, 5.74) is -3.23. The maximum atomic E-state index is 14.1. The first-order valence-electron chi connectivity index (χ1n) is 9.75. The Morgan fingerprint density at radius 2 is 1.62 bits per heavy atom. The van der Waals surface area contributed by atoms with Crippen LogP contribution in [0, 0.1) is 51.9 Å². The zero-order valence-corrected chi connectivity index (χ0v) is 17.6. The Balaban J connectivity index is 2.17. The lowest BCUT2D eigenvalue weighted by atomic mass is 10.1. The molecule has 0 N–H and O–H groups in total. The molecule has 0 bridgehead atoms. The van der Waals surface area contributed by atoms with Gasteiger partial charge < -0.3 is 14.3 Å². The Morgan fingerprint density at radius 3 is 2.12 bits per heavy atom. The van der Waals surface area contributed by atoms with Crippen molar-refractivity contribution in [3.63, 3.8) is 0 Å². The standard InChI is InChI=1S/C22H21F4NO5/c1-4-7-31-20(29)11(9-27)8-14-15(22(14,2)3)21(30)32-10-13-18(25)16(23)12(5-6-28)17(24)19(13)26/h6,8,14-15H,4-5,7,10H2,1-3H3. The van der Waals surface area contributed by atoms with E-state index in [1.807, 2.05) is 0 Å². The zero-order valence-electron chi connectivity index (χ0n) is 17.6. The molecule has 1 aromatic carbocycles. The van der Waals surface area contributed by atoms with Crippen LogP contribution in [0.25, 0.3) is 0 Å². The van der Waals surface area contributed by atoms with E-state index < -0.39 is 76.6 Å². The van der Waals surface area contributed by atoms with Crippen LogP contribution in [0.1, 0.15) is 38.3 Å². The van der Waals surface area contributed by atoms with Crippen LogP contribution >= 0.6 is 0 Å². The number of hydrogen-bond acceptors (Lipinski definition) is 6. The number of nitriles is 1. The second-order valence-electron chi connectivity index (χ2n) is 7.84. The van der Waals surface area contributed by atoms with Gasteiger partial charge in [0.2, 0.25) is 0 Å². The maximum Gasteiger partial charge on any atom is 0.348 e. The van der Waals surface area contributed by atoms with Crippen molar-refractivity contribution in [2.45, 2.75) is 40.2 Å². The zero-order chi connectivity index (χ0) is 24.2. The van der Waals surface area contributed by atoms with Gasteiger partial charge in [0.05, 0.1) is 18.1 Å². The second kappa shape index (κ2) is 9.94. The number of hydrogen-bond donors (Lipinski definition) is 0. The van der Waals surface area contributed by atoms with Gasteiger partial charge in [-0.2, -0.15) is 5.26 Å². The fourth-order valence-corrected chi connectivity index (χ4v) is 3.39. The molecule has 6 nitrogen and oxygen atoms in total. The van der Waals surface area contributed by atoms with E-state index in [-0.39, 0.29) is 18.5 Å². The summed E-state index contributed by atoms with van der Waals surface area (Å²) in [6, 6.07) is 1.71. The summed E-state index contributed by atoms with van der Waals surface area (Å²) < 4.78 is 66.0. The van der Waals surface area contributed by atoms with Crippen molar-refractivity contribution in [2.75, 3.05) is 6.61 Å². The first-order valence-corrected chi connectivity index (χ1v) is 9.75. The Kier molecular flexibility index (Phi) is 7.78. The van der Waals surface area contributed by atoms with Crippen LogP contribution in [0.15, 0.2) is 11.6 Å². The van der Waals surface area contributed by atoms with E-state index in [0.717, 1.165) is 0 Å². The number of aldehydes is 1. The van der Waals surface area contributed by atoms with Crippen LogP contribution in [0.4, 0.5) is 17.6 Å². The maximum absolute atomic E-state index is 14.1. The molecular formula is C22H21F4NO5. The molecule has 172 valence electrons. The van der Waals surface area contributed by atoms with Crippen LogP contribution in [-0.4, -0.2) is 24.8 Å². The molecule has 0 heterocycles. The van der Waals surface area contributed by atoms with Crippen molar-refractivity contribution in [1.82, 2.24) is 0 Å². The number of nitrogens with zero attached hydrogens (tertiary/aromatic N) is 1. The van der Waals surface area contributed by atoms with E-state index in [1.165, 1.54) is 6.08 Å². The predicted molar refractivity (Wildman–Crippen MR) is 102 cm³/mol. The van der Waals surface area contributed by atoms with Crippen molar-refractivity contribution >= 4 is 18.2 Å². The van der Waals surface area contributed by atoms with Gasteiger partial charge in [-0.3, -0.25) is 4.79 Å². The Hall–Kier alpha value is -3.22. The minimum atomic E-state index is -1.76. The highest BCUT2D eigenvalue weighted by molar-refractivity contribution is 5.93. The van der Waals surface area contributed by atoms with Gasteiger partial charge >= 0.3 is 11.9 Å². The van der Waals surface area contributed by atoms with Gasteiger partial charge in [0.1, 0.15) is 24.5 Å². The highest BCUT2D eigenvalue weighted by Crippen LogP contribution is 2.60. The van der Waals surface area contributed by atoms with Gasteiger partial charge in [-0.1, -0.05) is 26.8 Å². The second-order valence-corrected chi connectivity index (χ2v) is 7.84. The first-order chi connectivity index (χ1) is 15.0. The highest BCUT2D eigenvalue weighted by atomic mass is 19.2. The molecule has 0 amide bonds. The predicted octanol–water partition coefficient (Wildman–Crippen LogP) is 3.70. The number of benzene rings is 1. The molecule has 0 saturated heterocycles. The SMILES string of the molecule is CCCOC(=O)C(C#N)=CC1C(C(=O)OCc2c(F)c(F)c(CC=O)c(F)c2F)C1(C)C. The van der Waals surface area contributed by atoms with Gasteiger partial charge in [-0.25, -0.2) is 22.4 Å². The van der Waals surface area contributed by atoms with E-state index in [4.69, 9.17) is 9.47 Å². The number of ether oxygens (including phenoxy) is 2. The number of esters is 2. The summed E-state index contributed by atoms with van der Waals surface area (Å²) in [7, 11) is 0. The van der Waals surface area contributed by atoms with Crippen molar-refractivity contribution in [2.24, 2.45) is 17.3 Å². The average Bonchev–Trinajstić information content (AvgIpc) is 3.31. The van der Waals surface area contributed by atoms with Crippen LogP contribution in [0.2, 0.25) is 0 Å². The minimum Gasteiger partial charge on any atom is -0.462 e. The highest BCUT2D eigenvalue weighted by Gasteiger charge is 2.62. The Labute approximate surface area is 181 Å². The normalized spacial score (nSPS) is 19.1. The van der Waals surface area contributed by atoms with Crippen LogP contribution in [0.3, 0.4) is 0 Å². The fraction of sp³-hybridized carbons (Fsp3) is 0.455. The largest absolute Gasteiger partial charge is 0.462 e. The third-order valence-electron chi connectivity index (χ3n) is 5.38. The molecule has 1 aliphatic carbocycles. The Bertz CT molecular complexity index is 984. The molecule has 0 radical (unpaired) electrons. The number of carbonyl (C=O) groups excluding carboxylic acids is 3. The lowest BCUT2D eigenvalue weighted by Crippen LogP contribution is -2.15. The quantitative estimate of drug-likeness (QED) is 0.141. The van der Waals surface area contributed by atoms with E-state index in [9.17, 15) is 37.2 Å². The van der Waals surface area contributed by atoms with Crippen molar-refractivity contribution in [1.29, 1.82) is 5.26 Å². The van der Waals surface area contributed by atoms with Gasteiger partial charge in [0.15, 0.2) is 23.3 Å². The molecule has 0 aliphatic heterocycles. The van der Waals surface area contributed by atoms with Gasteiger partial charge in [0, 0.05) is 12.0 Å². The molecule has 2 rings (SSSR count). The molecular weight excluding hydrogens is 434 g/mol. The summed E-state index contributed by atoms with van der Waals surface area (Å²) in [5.74, 6) is -10.2. The van der Waals surface area contributed by atoms with Crippen LogP contribution < -0.4 is 0 Å². The smallest absolute Gasteiger partial charge is 0.348 e. The monoisotopic (exact) mass is 455 g/mol. The van der Waals surface area contributed by atoms with E-state index in [2.05, 4.69) is 0 Å². The molecule has 1 aromatic rings. The summed E-state index contributed by atoms with van der Waals surface area (Å²) in [4.78, 5) is 34.8. The average molecular weight is 455 g/mol.